The third-order valence-electron chi connectivity index (χ3n) is 3.83. The highest BCUT2D eigenvalue weighted by molar-refractivity contribution is 7.92. The van der Waals surface area contributed by atoms with Gasteiger partial charge in [-0.25, -0.2) is 13.9 Å². The van der Waals surface area contributed by atoms with E-state index in [2.05, 4.69) is 0 Å². The minimum Gasteiger partial charge on any atom is -0.288 e. The van der Waals surface area contributed by atoms with Crippen LogP contribution in [0.25, 0.3) is 6.08 Å². The van der Waals surface area contributed by atoms with Crippen LogP contribution in [-0.2, 0) is 21.2 Å². The number of benzene rings is 2. The van der Waals surface area contributed by atoms with Gasteiger partial charge < -0.3 is 0 Å². The average molecular weight is 344 g/mol. The molecule has 0 bridgehead atoms. The molecule has 0 saturated heterocycles. The van der Waals surface area contributed by atoms with Crippen LogP contribution in [0, 0.1) is 0 Å². The summed E-state index contributed by atoms with van der Waals surface area (Å²) in [6.07, 6.45) is 3.37. The van der Waals surface area contributed by atoms with Crippen molar-refractivity contribution >= 4 is 27.7 Å². The predicted molar refractivity (Wildman–Crippen MR) is 90.1 cm³/mol. The molecule has 24 heavy (non-hydrogen) atoms. The van der Waals surface area contributed by atoms with E-state index in [1.165, 1.54) is 15.9 Å². The van der Waals surface area contributed by atoms with E-state index >= 15 is 0 Å². The molecule has 1 aliphatic heterocycles. The molecule has 0 atom stereocenters. The minimum absolute atomic E-state index is 0.265. The van der Waals surface area contributed by atoms with Gasteiger partial charge in [-0.2, -0.15) is 0 Å². The Morgan fingerprint density at radius 2 is 1.92 bits per heavy atom. The number of anilines is 1. The van der Waals surface area contributed by atoms with Crippen molar-refractivity contribution in [1.82, 2.24) is 5.48 Å². The van der Waals surface area contributed by atoms with E-state index in [1.807, 2.05) is 6.07 Å². The van der Waals surface area contributed by atoms with Gasteiger partial charge in [-0.05, 0) is 47.9 Å². The van der Waals surface area contributed by atoms with Gasteiger partial charge in [-0.1, -0.05) is 24.3 Å². The molecule has 0 fully saturated rings. The fraction of sp³-hybridized carbons (Fsp3) is 0.118. The zero-order valence-electron chi connectivity index (χ0n) is 12.7. The van der Waals surface area contributed by atoms with Gasteiger partial charge in [0.2, 0.25) is 0 Å². The van der Waals surface area contributed by atoms with Crippen LogP contribution in [0.5, 0.6) is 0 Å². The zero-order chi connectivity index (χ0) is 17.2. The summed E-state index contributed by atoms with van der Waals surface area (Å²) in [7, 11) is -3.58. The van der Waals surface area contributed by atoms with Crippen LogP contribution in [-0.4, -0.2) is 26.1 Å². The van der Waals surface area contributed by atoms with Crippen molar-refractivity contribution in [2.75, 3.05) is 10.8 Å². The summed E-state index contributed by atoms with van der Waals surface area (Å²) in [5.74, 6) is -0.621. The standard InChI is InChI=1S/C17H16N2O4S/c20-17(18-21)9-7-13-6-8-16-14(12-13)10-11-19(16)24(22,23)15-4-2-1-3-5-15/h1-9,12,21H,10-11H2,(H,18,20). The number of sulfonamides is 1. The number of nitrogens with one attached hydrogen (secondary N) is 1. The Hall–Kier alpha value is -2.64. The molecule has 1 amide bonds. The van der Waals surface area contributed by atoms with Gasteiger partial charge in [0.1, 0.15) is 0 Å². The maximum Gasteiger partial charge on any atom is 0.267 e. The Labute approximate surface area is 140 Å². The van der Waals surface area contributed by atoms with E-state index in [9.17, 15) is 13.2 Å². The van der Waals surface area contributed by atoms with Crippen LogP contribution in [0.2, 0.25) is 0 Å². The first kappa shape index (κ1) is 16.2. The molecule has 2 aromatic carbocycles. The van der Waals surface area contributed by atoms with Crippen molar-refractivity contribution in [3.63, 3.8) is 0 Å². The van der Waals surface area contributed by atoms with Crippen molar-refractivity contribution in [2.45, 2.75) is 11.3 Å². The lowest BCUT2D eigenvalue weighted by atomic mass is 10.1. The van der Waals surface area contributed by atoms with Crippen molar-refractivity contribution < 1.29 is 18.4 Å². The Morgan fingerprint density at radius 1 is 1.17 bits per heavy atom. The van der Waals surface area contributed by atoms with E-state index in [-0.39, 0.29) is 4.90 Å². The molecule has 7 heteroatoms. The summed E-state index contributed by atoms with van der Waals surface area (Å²) in [5.41, 5.74) is 3.84. The molecule has 0 unspecified atom stereocenters. The average Bonchev–Trinajstić information content (AvgIpc) is 3.04. The first-order chi connectivity index (χ1) is 11.5. The van der Waals surface area contributed by atoms with Crippen molar-refractivity contribution in [2.24, 2.45) is 0 Å². The summed E-state index contributed by atoms with van der Waals surface area (Å²) in [5, 5.41) is 8.48. The number of carbonyl (C=O) groups is 1. The second kappa shape index (κ2) is 6.46. The Kier molecular flexibility index (Phi) is 4.37. The van der Waals surface area contributed by atoms with Gasteiger partial charge in [0, 0.05) is 12.6 Å². The van der Waals surface area contributed by atoms with E-state index < -0.39 is 15.9 Å². The summed E-state index contributed by atoms with van der Waals surface area (Å²) in [6, 6.07) is 13.6. The number of hydroxylamine groups is 1. The number of fused-ring (bicyclic) bond motifs is 1. The molecule has 0 aliphatic carbocycles. The van der Waals surface area contributed by atoms with Gasteiger partial charge in [0.25, 0.3) is 15.9 Å². The van der Waals surface area contributed by atoms with Crippen LogP contribution >= 0.6 is 0 Å². The molecule has 1 heterocycles. The fourth-order valence-electron chi connectivity index (χ4n) is 2.67. The lowest BCUT2D eigenvalue weighted by Crippen LogP contribution is -2.29. The fourth-order valence-corrected chi connectivity index (χ4v) is 4.20. The zero-order valence-corrected chi connectivity index (χ0v) is 13.5. The molecule has 3 rings (SSSR count). The van der Waals surface area contributed by atoms with Crippen LogP contribution in [0.3, 0.4) is 0 Å². The number of hydrogen-bond acceptors (Lipinski definition) is 4. The highest BCUT2D eigenvalue weighted by Crippen LogP contribution is 2.33. The SMILES string of the molecule is O=C(C=Cc1ccc2c(c1)CCN2S(=O)(=O)c1ccccc1)NO. The number of nitrogens with zero attached hydrogens (tertiary/aromatic N) is 1. The number of rotatable bonds is 4. The molecule has 2 N–H and O–H groups in total. The Morgan fingerprint density at radius 3 is 2.62 bits per heavy atom. The van der Waals surface area contributed by atoms with Gasteiger partial charge in [0.15, 0.2) is 0 Å². The maximum atomic E-state index is 12.8. The quantitative estimate of drug-likeness (QED) is 0.504. The summed E-state index contributed by atoms with van der Waals surface area (Å²) in [6.45, 7) is 0.386. The molecular weight excluding hydrogens is 328 g/mol. The molecule has 6 nitrogen and oxygen atoms in total. The van der Waals surface area contributed by atoms with Gasteiger partial charge in [-0.15, -0.1) is 0 Å². The smallest absolute Gasteiger partial charge is 0.267 e. The third-order valence-corrected chi connectivity index (χ3v) is 5.65. The minimum atomic E-state index is -3.58. The second-order valence-electron chi connectivity index (χ2n) is 5.34. The first-order valence-corrected chi connectivity index (χ1v) is 8.79. The largest absolute Gasteiger partial charge is 0.288 e. The van der Waals surface area contributed by atoms with Crippen LogP contribution in [0.4, 0.5) is 5.69 Å². The highest BCUT2D eigenvalue weighted by atomic mass is 32.2. The monoisotopic (exact) mass is 344 g/mol. The lowest BCUT2D eigenvalue weighted by Gasteiger charge is -2.19. The van der Waals surface area contributed by atoms with E-state index in [4.69, 9.17) is 5.21 Å². The second-order valence-corrected chi connectivity index (χ2v) is 7.20. The van der Waals surface area contributed by atoms with Crippen molar-refractivity contribution in [3.8, 4) is 0 Å². The Balaban J connectivity index is 1.91. The number of amides is 1. The summed E-state index contributed by atoms with van der Waals surface area (Å²) in [4.78, 5) is 11.3. The van der Waals surface area contributed by atoms with Crippen LogP contribution < -0.4 is 9.79 Å². The maximum absolute atomic E-state index is 12.8. The predicted octanol–water partition coefficient (Wildman–Crippen LogP) is 1.96. The normalized spacial score (nSPS) is 14.0. The molecule has 0 spiro atoms. The molecule has 1 aliphatic rings. The van der Waals surface area contributed by atoms with Gasteiger partial charge in [-0.3, -0.25) is 14.3 Å². The molecule has 0 aromatic heterocycles. The highest BCUT2D eigenvalue weighted by Gasteiger charge is 2.30. The molecule has 124 valence electrons. The molecule has 0 saturated carbocycles. The third kappa shape index (κ3) is 3.04. The van der Waals surface area contributed by atoms with Gasteiger partial charge >= 0.3 is 0 Å². The first-order valence-electron chi connectivity index (χ1n) is 7.35. The van der Waals surface area contributed by atoms with Crippen LogP contribution in [0.15, 0.2) is 59.5 Å². The van der Waals surface area contributed by atoms with Crippen LogP contribution in [0.1, 0.15) is 11.1 Å². The Bertz CT molecular complexity index is 892. The summed E-state index contributed by atoms with van der Waals surface area (Å²) >= 11 is 0. The van der Waals surface area contributed by atoms with E-state index in [0.29, 0.717) is 18.7 Å². The molecular formula is C17H16N2O4S. The molecule has 2 aromatic rings. The van der Waals surface area contributed by atoms with E-state index in [1.54, 1.807) is 48.5 Å². The number of hydrogen-bond donors (Lipinski definition) is 2. The molecule has 0 radical (unpaired) electrons. The topological polar surface area (TPSA) is 86.7 Å². The van der Waals surface area contributed by atoms with Gasteiger partial charge in [0.05, 0.1) is 10.6 Å². The number of carbonyl (C=O) groups excluding carboxylic acids is 1. The van der Waals surface area contributed by atoms with Crippen molar-refractivity contribution in [1.29, 1.82) is 0 Å². The summed E-state index contributed by atoms with van der Waals surface area (Å²) < 4.78 is 26.9. The lowest BCUT2D eigenvalue weighted by molar-refractivity contribution is -0.124. The van der Waals surface area contributed by atoms with E-state index in [0.717, 1.165) is 11.1 Å². The van der Waals surface area contributed by atoms with Crippen molar-refractivity contribution in [3.05, 3.63) is 65.7 Å².